The van der Waals surface area contributed by atoms with Gasteiger partial charge in [-0.3, -0.25) is 25.0 Å². The zero-order valence-corrected chi connectivity index (χ0v) is 19.9. The highest BCUT2D eigenvalue weighted by Gasteiger charge is 2.21. The molecule has 0 spiro atoms. The number of aromatic nitrogens is 1. The monoisotopic (exact) mass is 508 g/mol. The van der Waals surface area contributed by atoms with Crippen LogP contribution in [-0.2, 0) is 13.0 Å². The molecule has 1 aromatic heterocycles. The Balaban J connectivity index is 2.19. The number of benzene rings is 2. The van der Waals surface area contributed by atoms with E-state index in [1.54, 1.807) is 12.1 Å². The van der Waals surface area contributed by atoms with Gasteiger partial charge in [-0.2, -0.15) is 4.99 Å². The first-order valence-electron chi connectivity index (χ1n) is 9.87. The van der Waals surface area contributed by atoms with Gasteiger partial charge in [0.05, 0.1) is 37.2 Å². The summed E-state index contributed by atoms with van der Waals surface area (Å²) in [6.07, 6.45) is 1.58. The molecule has 0 atom stereocenters. The predicted molar refractivity (Wildman–Crippen MR) is 127 cm³/mol. The summed E-state index contributed by atoms with van der Waals surface area (Å²) in [4.78, 5) is 39.1. The predicted octanol–water partition coefficient (Wildman–Crippen LogP) is 6.05. The zero-order chi connectivity index (χ0) is 24.3. The Bertz CT molecular complexity index is 1300. The second-order valence-electron chi connectivity index (χ2n) is 6.95. The Morgan fingerprint density at radius 3 is 2.18 bits per heavy atom. The van der Waals surface area contributed by atoms with Crippen LogP contribution < -0.4 is 4.80 Å². The van der Waals surface area contributed by atoms with Crippen LogP contribution in [0, 0.1) is 20.2 Å². The average Bonchev–Trinajstić information content (AvgIpc) is 3.12. The van der Waals surface area contributed by atoms with Gasteiger partial charge in [-0.05, 0) is 25.5 Å². The minimum Gasteiger partial charge on any atom is -0.316 e. The highest BCUT2D eigenvalue weighted by molar-refractivity contribution is 7.09. The van der Waals surface area contributed by atoms with Crippen LogP contribution in [0.15, 0.2) is 41.4 Å². The van der Waals surface area contributed by atoms with Crippen molar-refractivity contribution in [3.05, 3.63) is 81.9 Å². The number of thiazole rings is 1. The van der Waals surface area contributed by atoms with Gasteiger partial charge in [0.2, 0.25) is 0 Å². The van der Waals surface area contributed by atoms with Crippen LogP contribution in [0.5, 0.6) is 0 Å². The maximum absolute atomic E-state index is 12.9. The molecule has 9 nitrogen and oxygen atoms in total. The Labute approximate surface area is 202 Å². The topological polar surface area (TPSA) is 121 Å². The third-order valence-corrected chi connectivity index (χ3v) is 6.61. The van der Waals surface area contributed by atoms with E-state index in [2.05, 4.69) is 4.99 Å². The fraction of sp³-hybridized carbons (Fsp3) is 0.238. The maximum Gasteiger partial charge on any atom is 0.280 e. The molecule has 0 bridgehead atoms. The Morgan fingerprint density at radius 2 is 1.67 bits per heavy atom. The molecular weight excluding hydrogens is 491 g/mol. The lowest BCUT2D eigenvalue weighted by Gasteiger charge is -2.10. The molecule has 0 fully saturated rings. The van der Waals surface area contributed by atoms with E-state index >= 15 is 0 Å². The number of carbonyl (C=O) groups excluding carboxylic acids is 1. The van der Waals surface area contributed by atoms with Crippen molar-refractivity contribution in [2.75, 3.05) is 0 Å². The van der Waals surface area contributed by atoms with Gasteiger partial charge >= 0.3 is 0 Å². The van der Waals surface area contributed by atoms with Crippen molar-refractivity contribution in [3.63, 3.8) is 0 Å². The van der Waals surface area contributed by atoms with Crippen LogP contribution >= 0.6 is 34.5 Å². The number of hydrogen-bond acceptors (Lipinski definition) is 6. The van der Waals surface area contributed by atoms with Crippen LogP contribution in [0.1, 0.15) is 35.5 Å². The second-order valence-corrected chi connectivity index (χ2v) is 8.83. The second kappa shape index (κ2) is 10.2. The van der Waals surface area contributed by atoms with E-state index in [0.717, 1.165) is 47.2 Å². The van der Waals surface area contributed by atoms with E-state index in [1.165, 1.54) is 11.3 Å². The van der Waals surface area contributed by atoms with Gasteiger partial charge in [-0.1, -0.05) is 42.6 Å². The smallest absolute Gasteiger partial charge is 0.280 e. The zero-order valence-electron chi connectivity index (χ0n) is 17.6. The molecule has 0 N–H and O–H groups in total. The molecule has 0 radical (unpaired) electrons. The highest BCUT2D eigenvalue weighted by atomic mass is 35.5. The largest absolute Gasteiger partial charge is 0.316 e. The van der Waals surface area contributed by atoms with E-state index in [1.807, 2.05) is 24.5 Å². The number of amides is 1. The number of nitro benzene ring substituents is 2. The fourth-order valence-electron chi connectivity index (χ4n) is 3.27. The SMILES string of the molecule is CCCc1sc(=NC(=O)c2cc([N+](=O)[O-])cc([N+](=O)[O-])c2)n(CC)c1-c1ccc(Cl)c(Cl)c1. The quantitative estimate of drug-likeness (QED) is 0.283. The van der Waals surface area contributed by atoms with Crippen molar-refractivity contribution < 1.29 is 14.6 Å². The highest BCUT2D eigenvalue weighted by Crippen LogP contribution is 2.32. The van der Waals surface area contributed by atoms with Gasteiger partial charge in [-0.15, -0.1) is 11.3 Å². The van der Waals surface area contributed by atoms with Gasteiger partial charge in [0.15, 0.2) is 4.80 Å². The van der Waals surface area contributed by atoms with E-state index in [4.69, 9.17) is 23.2 Å². The molecule has 1 heterocycles. The summed E-state index contributed by atoms with van der Waals surface area (Å²) in [5.41, 5.74) is 0.311. The van der Waals surface area contributed by atoms with Crippen LogP contribution in [0.2, 0.25) is 10.0 Å². The molecule has 0 aliphatic heterocycles. The van der Waals surface area contributed by atoms with E-state index < -0.39 is 27.1 Å². The van der Waals surface area contributed by atoms with Crippen molar-refractivity contribution in [2.24, 2.45) is 4.99 Å². The van der Waals surface area contributed by atoms with Gasteiger partial charge in [-0.25, -0.2) is 0 Å². The molecule has 0 aliphatic carbocycles. The summed E-state index contributed by atoms with van der Waals surface area (Å²) in [6, 6.07) is 8.03. The van der Waals surface area contributed by atoms with Gasteiger partial charge in [0.1, 0.15) is 0 Å². The van der Waals surface area contributed by atoms with Crippen molar-refractivity contribution in [1.82, 2.24) is 4.57 Å². The third-order valence-electron chi connectivity index (χ3n) is 4.73. The number of nitro groups is 2. The summed E-state index contributed by atoms with van der Waals surface area (Å²) < 4.78 is 1.85. The Morgan fingerprint density at radius 1 is 1.03 bits per heavy atom. The van der Waals surface area contributed by atoms with Gasteiger partial charge < -0.3 is 4.57 Å². The molecule has 3 aromatic rings. The summed E-state index contributed by atoms with van der Waals surface area (Å²) in [5, 5.41) is 23.1. The summed E-state index contributed by atoms with van der Waals surface area (Å²) in [7, 11) is 0. The molecule has 172 valence electrons. The normalized spacial score (nSPS) is 11.6. The number of hydrogen-bond donors (Lipinski definition) is 0. The van der Waals surface area contributed by atoms with Gasteiger partial charge in [0, 0.05) is 29.1 Å². The molecule has 3 rings (SSSR count). The molecule has 1 amide bonds. The van der Waals surface area contributed by atoms with Crippen LogP contribution in [0.3, 0.4) is 0 Å². The Hall–Kier alpha value is -3.08. The number of carbonyl (C=O) groups is 1. The lowest BCUT2D eigenvalue weighted by molar-refractivity contribution is -0.394. The Kier molecular flexibility index (Phi) is 7.62. The lowest BCUT2D eigenvalue weighted by atomic mass is 10.1. The van der Waals surface area contributed by atoms with Gasteiger partial charge in [0.25, 0.3) is 17.3 Å². The number of nitrogens with zero attached hydrogens (tertiary/aromatic N) is 4. The standard InChI is InChI=1S/C21H18Cl2N4O5S/c1-3-5-18-19(12-6-7-16(22)17(23)10-12)25(4-2)21(33-18)24-20(28)13-8-14(26(29)30)11-15(9-13)27(31)32/h6-11H,3-5H2,1-2H3. The van der Waals surface area contributed by atoms with Crippen molar-refractivity contribution in [2.45, 2.75) is 33.2 Å². The third kappa shape index (κ3) is 5.29. The summed E-state index contributed by atoms with van der Waals surface area (Å²) >= 11 is 13.6. The first-order chi connectivity index (χ1) is 15.7. The van der Waals surface area contributed by atoms with E-state index in [-0.39, 0.29) is 5.56 Å². The molecule has 33 heavy (non-hydrogen) atoms. The lowest BCUT2D eigenvalue weighted by Crippen LogP contribution is -2.17. The van der Waals surface area contributed by atoms with E-state index in [0.29, 0.717) is 21.4 Å². The van der Waals surface area contributed by atoms with E-state index in [9.17, 15) is 25.0 Å². The molecule has 0 aliphatic rings. The summed E-state index contributed by atoms with van der Waals surface area (Å²) in [6.45, 7) is 4.40. The van der Waals surface area contributed by atoms with Crippen LogP contribution in [0.4, 0.5) is 11.4 Å². The minimum atomic E-state index is -0.811. The van der Waals surface area contributed by atoms with Crippen LogP contribution in [-0.4, -0.2) is 20.3 Å². The number of rotatable bonds is 7. The minimum absolute atomic E-state index is 0.236. The molecule has 0 saturated carbocycles. The first-order valence-corrected chi connectivity index (χ1v) is 11.4. The van der Waals surface area contributed by atoms with Crippen LogP contribution in [0.25, 0.3) is 11.3 Å². The number of halogens is 2. The first kappa shape index (κ1) is 24.6. The fourth-order valence-corrected chi connectivity index (χ4v) is 4.88. The van der Waals surface area contributed by atoms with Crippen molar-refractivity contribution >= 4 is 51.8 Å². The average molecular weight is 509 g/mol. The molecule has 0 unspecified atom stereocenters. The molecule has 0 saturated heterocycles. The number of non-ortho nitro benzene ring substituents is 2. The molecule has 12 heteroatoms. The van der Waals surface area contributed by atoms with Crippen molar-refractivity contribution in [1.29, 1.82) is 0 Å². The van der Waals surface area contributed by atoms with Crippen molar-refractivity contribution in [3.8, 4) is 11.3 Å². The molecular formula is C21H18Cl2N4O5S. The summed E-state index contributed by atoms with van der Waals surface area (Å²) in [5.74, 6) is -0.811. The molecule has 2 aromatic carbocycles. The number of aryl methyl sites for hydroxylation is 1. The maximum atomic E-state index is 12.9.